The molecule has 0 radical (unpaired) electrons. The second-order valence-electron chi connectivity index (χ2n) is 9.25. The SMILES string of the molecule is CCOC(=O)c1nn(-c2ccc(OC)cc2)c2c1CCN(C1CCN(Cc3ccccc3)CC1)C2=O. The Morgan fingerprint density at radius 1 is 1.03 bits per heavy atom. The summed E-state index contributed by atoms with van der Waals surface area (Å²) >= 11 is 0. The predicted molar refractivity (Wildman–Crippen MR) is 136 cm³/mol. The maximum Gasteiger partial charge on any atom is 0.359 e. The number of carbonyl (C=O) groups excluding carboxylic acids is 2. The number of esters is 1. The van der Waals surface area contributed by atoms with Crippen LogP contribution < -0.4 is 4.74 Å². The van der Waals surface area contributed by atoms with E-state index in [0.29, 0.717) is 35.7 Å². The molecular weight excluding hydrogens is 456 g/mol. The van der Waals surface area contributed by atoms with Crippen LogP contribution in [0.5, 0.6) is 5.75 Å². The number of likely N-dealkylation sites (tertiary alicyclic amines) is 1. The highest BCUT2D eigenvalue weighted by atomic mass is 16.5. The van der Waals surface area contributed by atoms with Crippen molar-refractivity contribution in [3.05, 3.63) is 77.1 Å². The fourth-order valence-corrected chi connectivity index (χ4v) is 5.23. The average molecular weight is 489 g/mol. The van der Waals surface area contributed by atoms with E-state index in [0.717, 1.165) is 32.5 Å². The maximum atomic E-state index is 13.9. The summed E-state index contributed by atoms with van der Waals surface area (Å²) < 4.78 is 12.1. The molecule has 3 heterocycles. The van der Waals surface area contributed by atoms with Gasteiger partial charge in [0.15, 0.2) is 5.69 Å². The first-order valence-corrected chi connectivity index (χ1v) is 12.6. The van der Waals surface area contributed by atoms with Gasteiger partial charge in [0.05, 0.1) is 19.4 Å². The molecule has 5 rings (SSSR count). The number of methoxy groups -OCH3 is 1. The first-order valence-electron chi connectivity index (χ1n) is 12.6. The van der Waals surface area contributed by atoms with E-state index in [2.05, 4.69) is 34.3 Å². The largest absolute Gasteiger partial charge is 0.497 e. The number of hydrogen-bond donors (Lipinski definition) is 0. The number of fused-ring (bicyclic) bond motifs is 1. The molecule has 2 aliphatic rings. The van der Waals surface area contributed by atoms with Gasteiger partial charge in [-0.15, -0.1) is 0 Å². The number of amides is 1. The molecule has 0 N–H and O–H groups in total. The molecule has 2 aliphatic heterocycles. The summed E-state index contributed by atoms with van der Waals surface area (Å²) in [5.74, 6) is 0.147. The van der Waals surface area contributed by atoms with Gasteiger partial charge in [-0.2, -0.15) is 5.10 Å². The van der Waals surface area contributed by atoms with Gasteiger partial charge in [0.1, 0.15) is 11.4 Å². The smallest absolute Gasteiger partial charge is 0.359 e. The Hall–Kier alpha value is -3.65. The quantitative estimate of drug-likeness (QED) is 0.472. The highest BCUT2D eigenvalue weighted by Gasteiger charge is 2.38. The van der Waals surface area contributed by atoms with E-state index in [1.165, 1.54) is 5.56 Å². The Morgan fingerprint density at radius 2 is 1.75 bits per heavy atom. The van der Waals surface area contributed by atoms with Crippen molar-refractivity contribution in [3.63, 3.8) is 0 Å². The van der Waals surface area contributed by atoms with Crippen LogP contribution in [0.4, 0.5) is 0 Å². The van der Waals surface area contributed by atoms with Crippen LogP contribution >= 0.6 is 0 Å². The van der Waals surface area contributed by atoms with Crippen LogP contribution in [-0.2, 0) is 17.7 Å². The summed E-state index contributed by atoms with van der Waals surface area (Å²) in [6, 6.07) is 18.0. The lowest BCUT2D eigenvalue weighted by Crippen LogP contribution is -2.50. The predicted octanol–water partition coefficient (Wildman–Crippen LogP) is 3.72. The highest BCUT2D eigenvalue weighted by molar-refractivity contribution is 6.00. The molecule has 3 aromatic rings. The first-order chi connectivity index (χ1) is 17.6. The van der Waals surface area contributed by atoms with Gasteiger partial charge in [-0.05, 0) is 56.0 Å². The third kappa shape index (κ3) is 4.73. The summed E-state index contributed by atoms with van der Waals surface area (Å²) in [5, 5.41) is 4.57. The second-order valence-corrected chi connectivity index (χ2v) is 9.25. The molecule has 1 fully saturated rings. The van der Waals surface area contributed by atoms with E-state index in [1.54, 1.807) is 18.7 Å². The summed E-state index contributed by atoms with van der Waals surface area (Å²) in [6.07, 6.45) is 2.43. The Labute approximate surface area is 211 Å². The molecular formula is C28H32N4O4. The van der Waals surface area contributed by atoms with E-state index >= 15 is 0 Å². The molecule has 0 saturated carbocycles. The van der Waals surface area contributed by atoms with E-state index in [1.807, 2.05) is 35.2 Å². The lowest BCUT2D eigenvalue weighted by Gasteiger charge is -2.40. The normalized spacial score (nSPS) is 16.6. The number of benzene rings is 2. The lowest BCUT2D eigenvalue weighted by atomic mass is 9.97. The number of rotatable bonds is 7. The molecule has 0 atom stereocenters. The third-order valence-corrected chi connectivity index (χ3v) is 7.08. The Morgan fingerprint density at radius 3 is 2.42 bits per heavy atom. The number of piperidine rings is 1. The van der Waals surface area contributed by atoms with E-state index in [-0.39, 0.29) is 24.2 Å². The van der Waals surface area contributed by atoms with Crippen molar-refractivity contribution >= 4 is 11.9 Å². The number of nitrogens with zero attached hydrogens (tertiary/aromatic N) is 4. The molecule has 1 saturated heterocycles. The minimum Gasteiger partial charge on any atom is -0.497 e. The van der Waals surface area contributed by atoms with E-state index in [9.17, 15) is 9.59 Å². The lowest BCUT2D eigenvalue weighted by molar-refractivity contribution is 0.0515. The zero-order valence-electron chi connectivity index (χ0n) is 20.9. The Bertz CT molecular complexity index is 1210. The van der Waals surface area contributed by atoms with Crippen molar-refractivity contribution in [3.8, 4) is 11.4 Å². The maximum absolute atomic E-state index is 13.9. The molecule has 0 aliphatic carbocycles. The molecule has 1 aromatic heterocycles. The number of aromatic nitrogens is 2. The van der Waals surface area contributed by atoms with Gasteiger partial charge in [0.25, 0.3) is 5.91 Å². The van der Waals surface area contributed by atoms with Crippen LogP contribution in [0.25, 0.3) is 5.69 Å². The van der Waals surface area contributed by atoms with Gasteiger partial charge in [0.2, 0.25) is 0 Å². The van der Waals surface area contributed by atoms with Crippen LogP contribution in [0.15, 0.2) is 54.6 Å². The molecule has 0 unspecified atom stereocenters. The fraction of sp³-hybridized carbons (Fsp3) is 0.393. The topological polar surface area (TPSA) is 76.9 Å². The second kappa shape index (κ2) is 10.5. The van der Waals surface area contributed by atoms with Crippen LogP contribution in [-0.4, -0.2) is 70.8 Å². The molecule has 36 heavy (non-hydrogen) atoms. The van der Waals surface area contributed by atoms with E-state index < -0.39 is 5.97 Å². The van der Waals surface area contributed by atoms with Crippen LogP contribution in [0, 0.1) is 0 Å². The Balaban J connectivity index is 1.38. The molecule has 0 spiro atoms. The molecule has 8 heteroatoms. The zero-order valence-corrected chi connectivity index (χ0v) is 20.9. The number of ether oxygens (including phenoxy) is 2. The molecule has 8 nitrogen and oxygen atoms in total. The minimum absolute atomic E-state index is 0.0726. The van der Waals surface area contributed by atoms with Crippen molar-refractivity contribution in [2.75, 3.05) is 33.4 Å². The van der Waals surface area contributed by atoms with Gasteiger partial charge in [-0.3, -0.25) is 9.69 Å². The summed E-state index contributed by atoms with van der Waals surface area (Å²) in [6.45, 7) is 5.42. The zero-order chi connectivity index (χ0) is 25.1. The van der Waals surface area contributed by atoms with Gasteiger partial charge in [-0.25, -0.2) is 9.48 Å². The fourth-order valence-electron chi connectivity index (χ4n) is 5.23. The minimum atomic E-state index is -0.489. The van der Waals surface area contributed by atoms with Crippen molar-refractivity contribution in [2.45, 2.75) is 38.8 Å². The van der Waals surface area contributed by atoms with Crippen LogP contribution in [0.1, 0.15) is 51.9 Å². The highest BCUT2D eigenvalue weighted by Crippen LogP contribution is 2.30. The average Bonchev–Trinajstić information content (AvgIpc) is 3.31. The summed E-state index contributed by atoms with van der Waals surface area (Å²) in [7, 11) is 1.61. The molecule has 1 amide bonds. The third-order valence-electron chi connectivity index (χ3n) is 7.08. The molecule has 188 valence electrons. The standard InChI is InChI=1S/C28H32N4O4/c1-3-36-28(34)25-24-15-18-31(21-13-16-30(17-14-21)19-20-7-5-4-6-8-20)27(33)26(24)32(29-25)22-9-11-23(35-2)12-10-22/h4-12,21H,3,13-19H2,1-2H3. The number of hydrogen-bond acceptors (Lipinski definition) is 6. The van der Waals surface area contributed by atoms with Crippen molar-refractivity contribution in [1.82, 2.24) is 19.6 Å². The van der Waals surface area contributed by atoms with Crippen LogP contribution in [0.3, 0.4) is 0 Å². The monoisotopic (exact) mass is 488 g/mol. The van der Waals surface area contributed by atoms with Gasteiger partial charge in [0, 0.05) is 37.8 Å². The number of carbonyl (C=O) groups is 2. The summed E-state index contributed by atoms with van der Waals surface area (Å²) in [4.78, 5) is 31.0. The molecule has 2 aromatic carbocycles. The Kier molecular flexibility index (Phi) is 7.04. The van der Waals surface area contributed by atoms with Gasteiger partial charge >= 0.3 is 5.97 Å². The summed E-state index contributed by atoms with van der Waals surface area (Å²) in [5.41, 5.74) is 3.38. The van der Waals surface area contributed by atoms with E-state index in [4.69, 9.17) is 9.47 Å². The van der Waals surface area contributed by atoms with Gasteiger partial charge in [-0.1, -0.05) is 30.3 Å². The van der Waals surface area contributed by atoms with Crippen LogP contribution in [0.2, 0.25) is 0 Å². The van der Waals surface area contributed by atoms with Gasteiger partial charge < -0.3 is 14.4 Å². The van der Waals surface area contributed by atoms with Crippen molar-refractivity contribution in [1.29, 1.82) is 0 Å². The van der Waals surface area contributed by atoms with Crippen molar-refractivity contribution < 1.29 is 19.1 Å². The molecule has 0 bridgehead atoms. The first kappa shape index (κ1) is 24.1. The van der Waals surface area contributed by atoms with Crippen molar-refractivity contribution in [2.24, 2.45) is 0 Å².